The minimum atomic E-state index is -0.605. The fraction of sp³-hybridized carbons (Fsp3) is 0.400. The lowest BCUT2D eigenvalue weighted by molar-refractivity contribution is 0.0995. The Hall–Kier alpha value is -1.66. The van der Waals surface area contributed by atoms with Crippen LogP contribution >= 0.6 is 0 Å². The minimum absolute atomic E-state index is 0.190. The van der Waals surface area contributed by atoms with Gasteiger partial charge in [-0.3, -0.25) is 4.79 Å². The number of nitrogens with zero attached hydrogens (tertiary/aromatic N) is 1. The quantitative estimate of drug-likeness (QED) is 0.528. The Balaban J connectivity index is 2.61. The molecule has 1 amide bonds. The summed E-state index contributed by atoms with van der Waals surface area (Å²) < 4.78 is 0. The van der Waals surface area contributed by atoms with Gasteiger partial charge in [-0.1, -0.05) is 6.07 Å². The number of pyridine rings is 1. The molecule has 88 valence electrons. The molecule has 0 spiro atoms. The van der Waals surface area contributed by atoms with E-state index in [2.05, 4.69) is 10.3 Å². The zero-order valence-electron chi connectivity index (χ0n) is 9.05. The Morgan fingerprint density at radius 1 is 1.62 bits per heavy atom. The van der Waals surface area contributed by atoms with Crippen molar-refractivity contribution in [3.63, 3.8) is 0 Å². The number of carbonyl (C=O) groups excluding carboxylic acids is 1. The second kappa shape index (κ2) is 5.43. The van der Waals surface area contributed by atoms with Crippen molar-refractivity contribution in [1.29, 1.82) is 0 Å². The van der Waals surface area contributed by atoms with Crippen LogP contribution < -0.4 is 16.8 Å². The van der Waals surface area contributed by atoms with Crippen molar-refractivity contribution >= 4 is 11.7 Å². The fourth-order valence-corrected chi connectivity index (χ4v) is 1.06. The number of rotatable bonds is 5. The highest BCUT2D eigenvalue weighted by molar-refractivity contribution is 5.91. The van der Waals surface area contributed by atoms with Crippen LogP contribution in [0.2, 0.25) is 0 Å². The molecule has 0 aromatic carbocycles. The molecule has 1 rings (SSSR count). The molecule has 0 aliphatic heterocycles. The predicted octanol–water partition coefficient (Wildman–Crippen LogP) is -0.699. The number of primary amides is 1. The summed E-state index contributed by atoms with van der Waals surface area (Å²) in [5, 5.41) is 12.1. The number of aliphatic hydroxyl groups is 1. The number of carbonyl (C=O) groups is 1. The van der Waals surface area contributed by atoms with Crippen LogP contribution in [0.25, 0.3) is 0 Å². The summed E-state index contributed by atoms with van der Waals surface area (Å²) in [6, 6.07) is 4.51. The molecule has 2 unspecified atom stereocenters. The number of nitrogens with two attached hydrogens (primary N) is 2. The van der Waals surface area contributed by atoms with Crippen LogP contribution in [0, 0.1) is 0 Å². The normalized spacial score (nSPS) is 14.2. The van der Waals surface area contributed by atoms with Gasteiger partial charge in [0.1, 0.15) is 11.5 Å². The van der Waals surface area contributed by atoms with Crippen molar-refractivity contribution in [2.45, 2.75) is 19.1 Å². The Morgan fingerprint density at radius 3 is 2.88 bits per heavy atom. The molecule has 1 aromatic heterocycles. The molecular weight excluding hydrogens is 208 g/mol. The molecule has 6 heteroatoms. The number of hydrogen-bond donors (Lipinski definition) is 4. The van der Waals surface area contributed by atoms with Crippen molar-refractivity contribution in [2.75, 3.05) is 11.9 Å². The van der Waals surface area contributed by atoms with Gasteiger partial charge >= 0.3 is 0 Å². The summed E-state index contributed by atoms with van der Waals surface area (Å²) in [5.41, 5.74) is 10.9. The maximum atomic E-state index is 10.9. The van der Waals surface area contributed by atoms with Crippen molar-refractivity contribution in [3.05, 3.63) is 23.9 Å². The molecule has 2 atom stereocenters. The van der Waals surface area contributed by atoms with E-state index >= 15 is 0 Å². The van der Waals surface area contributed by atoms with Gasteiger partial charge in [-0.25, -0.2) is 4.98 Å². The van der Waals surface area contributed by atoms with Crippen LogP contribution in [0.1, 0.15) is 17.4 Å². The number of nitrogens with one attached hydrogen (secondary N) is 1. The van der Waals surface area contributed by atoms with Crippen LogP contribution in [0.5, 0.6) is 0 Å². The van der Waals surface area contributed by atoms with Gasteiger partial charge in [0, 0.05) is 12.6 Å². The molecule has 16 heavy (non-hydrogen) atoms. The Bertz CT molecular complexity index is 368. The average molecular weight is 224 g/mol. The first kappa shape index (κ1) is 12.4. The molecule has 0 saturated carbocycles. The van der Waals surface area contributed by atoms with E-state index in [-0.39, 0.29) is 11.7 Å². The minimum Gasteiger partial charge on any atom is -0.392 e. The topological polar surface area (TPSA) is 114 Å². The monoisotopic (exact) mass is 224 g/mol. The van der Waals surface area contributed by atoms with E-state index in [0.717, 1.165) is 0 Å². The smallest absolute Gasteiger partial charge is 0.267 e. The highest BCUT2D eigenvalue weighted by Crippen LogP contribution is 2.04. The summed E-state index contributed by atoms with van der Waals surface area (Å²) in [7, 11) is 0. The van der Waals surface area contributed by atoms with E-state index in [0.29, 0.717) is 12.4 Å². The first-order valence-corrected chi connectivity index (χ1v) is 4.95. The number of amides is 1. The molecule has 6 nitrogen and oxygen atoms in total. The molecule has 0 fully saturated rings. The second-order valence-electron chi connectivity index (χ2n) is 3.56. The van der Waals surface area contributed by atoms with E-state index in [4.69, 9.17) is 11.5 Å². The predicted molar refractivity (Wildman–Crippen MR) is 60.9 cm³/mol. The third-order valence-electron chi connectivity index (χ3n) is 2.14. The lowest BCUT2D eigenvalue weighted by Crippen LogP contribution is -2.38. The van der Waals surface area contributed by atoms with Crippen molar-refractivity contribution in [2.24, 2.45) is 11.5 Å². The van der Waals surface area contributed by atoms with Gasteiger partial charge in [0.15, 0.2) is 0 Å². The number of anilines is 1. The van der Waals surface area contributed by atoms with E-state index < -0.39 is 12.0 Å². The first-order valence-electron chi connectivity index (χ1n) is 4.95. The van der Waals surface area contributed by atoms with Crippen molar-refractivity contribution in [1.82, 2.24) is 4.98 Å². The van der Waals surface area contributed by atoms with Crippen LogP contribution in [0.15, 0.2) is 18.2 Å². The molecule has 0 bridgehead atoms. The standard InChI is InChI=1S/C10H16N4O2/c1-6(15)7(11)5-13-9-4-2-3-8(14-9)10(12)16/h2-4,6-7,15H,5,11H2,1H3,(H2,12,16)(H,13,14). The molecular formula is C10H16N4O2. The van der Waals surface area contributed by atoms with Gasteiger partial charge in [0.05, 0.1) is 6.10 Å². The van der Waals surface area contributed by atoms with Gasteiger partial charge in [0.25, 0.3) is 5.91 Å². The summed E-state index contributed by atoms with van der Waals surface area (Å²) >= 11 is 0. The lowest BCUT2D eigenvalue weighted by atomic mass is 10.2. The molecule has 6 N–H and O–H groups in total. The third kappa shape index (κ3) is 3.48. The molecule has 0 aliphatic rings. The van der Waals surface area contributed by atoms with Gasteiger partial charge in [-0.15, -0.1) is 0 Å². The number of hydrogen-bond acceptors (Lipinski definition) is 5. The lowest BCUT2D eigenvalue weighted by Gasteiger charge is -2.15. The maximum absolute atomic E-state index is 10.9. The largest absolute Gasteiger partial charge is 0.392 e. The molecule has 1 aromatic rings. The molecule has 0 saturated heterocycles. The summed E-state index contributed by atoms with van der Waals surface area (Å²) in [5.74, 6) is -0.0733. The Morgan fingerprint density at radius 2 is 2.31 bits per heavy atom. The summed E-state index contributed by atoms with van der Waals surface area (Å²) in [6.45, 7) is 1.98. The van der Waals surface area contributed by atoms with E-state index in [1.807, 2.05) is 0 Å². The van der Waals surface area contributed by atoms with Crippen LogP contribution in [0.3, 0.4) is 0 Å². The highest BCUT2D eigenvalue weighted by atomic mass is 16.3. The van der Waals surface area contributed by atoms with Gasteiger partial charge in [-0.2, -0.15) is 0 Å². The maximum Gasteiger partial charge on any atom is 0.267 e. The van der Waals surface area contributed by atoms with Crippen molar-refractivity contribution < 1.29 is 9.90 Å². The van der Waals surface area contributed by atoms with Crippen molar-refractivity contribution in [3.8, 4) is 0 Å². The van der Waals surface area contributed by atoms with E-state index in [1.54, 1.807) is 19.1 Å². The van der Waals surface area contributed by atoms with Gasteiger partial charge in [0.2, 0.25) is 0 Å². The third-order valence-corrected chi connectivity index (χ3v) is 2.14. The van der Waals surface area contributed by atoms with E-state index in [9.17, 15) is 9.90 Å². The first-order chi connectivity index (χ1) is 7.50. The Kier molecular flexibility index (Phi) is 4.21. The van der Waals surface area contributed by atoms with E-state index in [1.165, 1.54) is 6.07 Å². The average Bonchev–Trinajstić information content (AvgIpc) is 2.26. The van der Waals surface area contributed by atoms with Crippen LogP contribution in [-0.2, 0) is 0 Å². The van der Waals surface area contributed by atoms with Crippen LogP contribution in [0.4, 0.5) is 5.82 Å². The summed E-state index contributed by atoms with van der Waals surface area (Å²) in [4.78, 5) is 14.8. The number of aromatic nitrogens is 1. The summed E-state index contributed by atoms with van der Waals surface area (Å²) in [6.07, 6.45) is -0.605. The Labute approximate surface area is 93.7 Å². The SMILES string of the molecule is CC(O)C(N)CNc1cccc(C(N)=O)n1. The molecule has 1 heterocycles. The van der Waals surface area contributed by atoms with Gasteiger partial charge < -0.3 is 21.9 Å². The fourth-order valence-electron chi connectivity index (χ4n) is 1.06. The molecule has 0 radical (unpaired) electrons. The highest BCUT2D eigenvalue weighted by Gasteiger charge is 2.09. The second-order valence-corrected chi connectivity index (χ2v) is 3.56. The molecule has 0 aliphatic carbocycles. The van der Waals surface area contributed by atoms with Gasteiger partial charge in [-0.05, 0) is 19.1 Å². The zero-order chi connectivity index (χ0) is 12.1. The van der Waals surface area contributed by atoms with Crippen LogP contribution in [-0.4, -0.2) is 34.7 Å². The number of aliphatic hydroxyl groups excluding tert-OH is 1. The zero-order valence-corrected chi connectivity index (χ0v) is 9.05.